The number of hydrogen-bond acceptors (Lipinski definition) is 6. The highest BCUT2D eigenvalue weighted by Crippen LogP contribution is 2.40. The SMILES string of the molecule is COc1cccc2c1C(Nc1ccc3cc(NC(=O)NC4CCN(C(C)C)CC4)ccc3n1)CO2. The molecule has 2 aliphatic heterocycles. The number of likely N-dealkylation sites (tertiary alicyclic amines) is 1. The number of carbonyl (C=O) groups excluding carboxylic acids is 1. The average Bonchev–Trinajstić information content (AvgIpc) is 3.27. The Morgan fingerprint density at radius 2 is 1.97 bits per heavy atom. The fourth-order valence-electron chi connectivity index (χ4n) is 4.92. The van der Waals surface area contributed by atoms with Crippen molar-refractivity contribution in [3.63, 3.8) is 0 Å². The Kier molecular flexibility index (Phi) is 6.63. The summed E-state index contributed by atoms with van der Waals surface area (Å²) in [6, 6.07) is 16.1. The van der Waals surface area contributed by atoms with Crippen LogP contribution in [0.1, 0.15) is 38.3 Å². The van der Waals surface area contributed by atoms with Gasteiger partial charge in [-0.1, -0.05) is 6.07 Å². The zero-order chi connectivity index (χ0) is 24.4. The van der Waals surface area contributed by atoms with Gasteiger partial charge in [-0.05, 0) is 69.2 Å². The summed E-state index contributed by atoms with van der Waals surface area (Å²) >= 11 is 0. The third-order valence-corrected chi connectivity index (χ3v) is 6.86. The first-order valence-corrected chi connectivity index (χ1v) is 12.3. The molecule has 1 fully saturated rings. The standard InChI is InChI=1S/C27H33N5O3/c1-17(2)32-13-11-19(12-14-32)28-27(33)29-20-8-9-21-18(15-20)7-10-25(30-21)31-22-16-35-24-6-4-5-23(34-3)26(22)24/h4-10,15,17,19,22H,11-14,16H2,1-3H3,(H,30,31)(H2,28,29,33). The molecule has 3 heterocycles. The summed E-state index contributed by atoms with van der Waals surface area (Å²) in [6.45, 7) is 6.99. The van der Waals surface area contributed by atoms with Crippen molar-refractivity contribution in [3.8, 4) is 11.5 Å². The first-order chi connectivity index (χ1) is 17.0. The topological polar surface area (TPSA) is 87.8 Å². The molecule has 0 aliphatic carbocycles. The summed E-state index contributed by atoms with van der Waals surface area (Å²) in [4.78, 5) is 19.8. The predicted molar refractivity (Wildman–Crippen MR) is 138 cm³/mol. The number of fused-ring (bicyclic) bond motifs is 2. The van der Waals surface area contributed by atoms with E-state index in [1.54, 1.807) is 7.11 Å². The average molecular weight is 476 g/mol. The molecule has 1 saturated heterocycles. The van der Waals surface area contributed by atoms with Crippen molar-refractivity contribution >= 4 is 28.4 Å². The van der Waals surface area contributed by atoms with Crippen molar-refractivity contribution in [1.82, 2.24) is 15.2 Å². The number of benzene rings is 2. The Bertz CT molecular complexity index is 1210. The number of nitrogens with one attached hydrogen (secondary N) is 3. The molecule has 2 amide bonds. The molecule has 3 N–H and O–H groups in total. The van der Waals surface area contributed by atoms with Crippen molar-refractivity contribution in [2.75, 3.05) is 37.4 Å². The van der Waals surface area contributed by atoms with Crippen LogP contribution in [-0.2, 0) is 0 Å². The quantitative estimate of drug-likeness (QED) is 0.475. The van der Waals surface area contributed by atoms with E-state index in [4.69, 9.17) is 14.5 Å². The van der Waals surface area contributed by atoms with Gasteiger partial charge in [0.1, 0.15) is 23.9 Å². The maximum Gasteiger partial charge on any atom is 0.319 e. The van der Waals surface area contributed by atoms with E-state index < -0.39 is 0 Å². The summed E-state index contributed by atoms with van der Waals surface area (Å²) in [5.41, 5.74) is 2.61. The van der Waals surface area contributed by atoms with Crippen LogP contribution in [-0.4, -0.2) is 54.8 Å². The summed E-state index contributed by atoms with van der Waals surface area (Å²) in [5.74, 6) is 2.40. The molecule has 0 saturated carbocycles. The van der Waals surface area contributed by atoms with Gasteiger partial charge < -0.3 is 30.3 Å². The van der Waals surface area contributed by atoms with Gasteiger partial charge in [0.25, 0.3) is 0 Å². The first-order valence-electron chi connectivity index (χ1n) is 12.3. The zero-order valence-corrected chi connectivity index (χ0v) is 20.5. The second-order valence-corrected chi connectivity index (χ2v) is 9.49. The van der Waals surface area contributed by atoms with Crippen LogP contribution in [0.15, 0.2) is 48.5 Å². The third kappa shape index (κ3) is 5.12. The van der Waals surface area contributed by atoms with E-state index in [1.165, 1.54) is 0 Å². The van der Waals surface area contributed by atoms with Gasteiger partial charge in [0.15, 0.2) is 0 Å². The molecule has 5 rings (SSSR count). The van der Waals surface area contributed by atoms with Gasteiger partial charge in [0.05, 0.1) is 24.2 Å². The number of anilines is 2. The molecule has 2 aliphatic rings. The minimum atomic E-state index is -0.160. The zero-order valence-electron chi connectivity index (χ0n) is 20.5. The van der Waals surface area contributed by atoms with Crippen molar-refractivity contribution in [3.05, 3.63) is 54.1 Å². The normalized spacial score (nSPS) is 18.2. The number of piperidine rings is 1. The van der Waals surface area contributed by atoms with Gasteiger partial charge in [-0.2, -0.15) is 0 Å². The number of ether oxygens (including phenoxy) is 2. The second kappa shape index (κ2) is 10.00. The van der Waals surface area contributed by atoms with Crippen molar-refractivity contribution in [2.24, 2.45) is 0 Å². The lowest BCUT2D eigenvalue weighted by atomic mass is 10.0. The lowest BCUT2D eigenvalue weighted by molar-refractivity contribution is 0.163. The maximum absolute atomic E-state index is 12.5. The van der Waals surface area contributed by atoms with Gasteiger partial charge in [0, 0.05) is 36.2 Å². The lowest BCUT2D eigenvalue weighted by Crippen LogP contribution is -2.47. The number of rotatable bonds is 6. The molecule has 0 radical (unpaired) electrons. The van der Waals surface area contributed by atoms with Gasteiger partial charge in [0.2, 0.25) is 0 Å². The van der Waals surface area contributed by atoms with Gasteiger partial charge in [-0.3, -0.25) is 0 Å². The fraction of sp³-hybridized carbons (Fsp3) is 0.407. The molecule has 1 aromatic heterocycles. The monoisotopic (exact) mass is 475 g/mol. The lowest BCUT2D eigenvalue weighted by Gasteiger charge is -2.34. The van der Waals surface area contributed by atoms with Gasteiger partial charge >= 0.3 is 6.03 Å². The van der Waals surface area contributed by atoms with E-state index in [-0.39, 0.29) is 18.1 Å². The number of amides is 2. The highest BCUT2D eigenvalue weighted by atomic mass is 16.5. The Morgan fingerprint density at radius 1 is 1.14 bits per heavy atom. The highest BCUT2D eigenvalue weighted by Gasteiger charge is 2.28. The van der Waals surface area contributed by atoms with Crippen LogP contribution in [0.2, 0.25) is 0 Å². The minimum Gasteiger partial charge on any atom is -0.496 e. The van der Waals surface area contributed by atoms with Crippen LogP contribution >= 0.6 is 0 Å². The fourth-order valence-corrected chi connectivity index (χ4v) is 4.92. The molecular weight excluding hydrogens is 442 g/mol. The van der Waals surface area contributed by atoms with Crippen LogP contribution in [0, 0.1) is 0 Å². The number of methoxy groups -OCH3 is 1. The van der Waals surface area contributed by atoms with E-state index in [9.17, 15) is 4.79 Å². The minimum absolute atomic E-state index is 0.0388. The number of hydrogen-bond donors (Lipinski definition) is 3. The highest BCUT2D eigenvalue weighted by molar-refractivity contribution is 5.93. The number of nitrogens with zero attached hydrogens (tertiary/aromatic N) is 2. The molecule has 0 spiro atoms. The van der Waals surface area contributed by atoms with Crippen molar-refractivity contribution in [2.45, 2.75) is 44.8 Å². The second-order valence-electron chi connectivity index (χ2n) is 9.49. The molecule has 2 aromatic carbocycles. The van der Waals surface area contributed by atoms with E-state index in [1.807, 2.05) is 48.5 Å². The number of pyridine rings is 1. The van der Waals surface area contributed by atoms with E-state index in [2.05, 4.69) is 34.7 Å². The van der Waals surface area contributed by atoms with E-state index in [0.717, 1.165) is 65.4 Å². The molecule has 1 unspecified atom stereocenters. The summed E-state index contributed by atoms with van der Waals surface area (Å²) in [5, 5.41) is 10.5. The van der Waals surface area contributed by atoms with Crippen LogP contribution in [0.25, 0.3) is 10.9 Å². The largest absolute Gasteiger partial charge is 0.496 e. The van der Waals surface area contributed by atoms with Crippen LogP contribution in [0.4, 0.5) is 16.3 Å². The molecule has 0 bridgehead atoms. The predicted octanol–water partition coefficient (Wildman–Crippen LogP) is 4.78. The Hall–Kier alpha value is -3.52. The maximum atomic E-state index is 12.5. The van der Waals surface area contributed by atoms with Crippen LogP contribution in [0.5, 0.6) is 11.5 Å². The summed E-state index contributed by atoms with van der Waals surface area (Å²) < 4.78 is 11.3. The summed E-state index contributed by atoms with van der Waals surface area (Å²) in [7, 11) is 1.67. The van der Waals surface area contributed by atoms with E-state index >= 15 is 0 Å². The molecule has 8 heteroatoms. The van der Waals surface area contributed by atoms with Crippen molar-refractivity contribution < 1.29 is 14.3 Å². The summed E-state index contributed by atoms with van der Waals surface area (Å²) in [6.07, 6.45) is 1.96. The third-order valence-electron chi connectivity index (χ3n) is 6.86. The molecule has 8 nitrogen and oxygen atoms in total. The molecule has 184 valence electrons. The Balaban J connectivity index is 1.21. The Morgan fingerprint density at radius 3 is 2.74 bits per heavy atom. The first kappa shape index (κ1) is 23.2. The molecule has 3 aromatic rings. The van der Waals surface area contributed by atoms with Crippen LogP contribution < -0.4 is 25.4 Å². The van der Waals surface area contributed by atoms with Crippen LogP contribution in [0.3, 0.4) is 0 Å². The van der Waals surface area contributed by atoms with Crippen molar-refractivity contribution in [1.29, 1.82) is 0 Å². The van der Waals surface area contributed by atoms with E-state index in [0.29, 0.717) is 12.6 Å². The Labute approximate surface area is 206 Å². The van der Waals surface area contributed by atoms with Gasteiger partial charge in [-0.25, -0.2) is 9.78 Å². The molecular formula is C27H33N5O3. The molecule has 35 heavy (non-hydrogen) atoms. The smallest absolute Gasteiger partial charge is 0.319 e. The van der Waals surface area contributed by atoms with Gasteiger partial charge in [-0.15, -0.1) is 0 Å². The number of carbonyl (C=O) groups is 1. The number of urea groups is 1. The molecule has 1 atom stereocenters. The number of aromatic nitrogens is 1.